The molecule has 1 aromatic carbocycles. The number of anilines is 1. The monoisotopic (exact) mass is 303 g/mol. The van der Waals surface area contributed by atoms with E-state index in [0.29, 0.717) is 6.54 Å². The Kier molecular flexibility index (Phi) is 3.70. The number of phenols is 1. The Balaban J connectivity index is 1.84. The first-order chi connectivity index (χ1) is 10.2. The molecular weight excluding hydrogens is 289 g/mol. The minimum absolute atomic E-state index is 0.339. The normalized spacial score (nSPS) is 11.0. The fraction of sp³-hybridized carbons (Fsp3) is 0.200. The van der Waals surface area contributed by atoms with Crippen molar-refractivity contribution in [1.29, 1.82) is 0 Å². The lowest BCUT2D eigenvalue weighted by Gasteiger charge is -2.07. The molecule has 0 unspecified atom stereocenters. The van der Waals surface area contributed by atoms with Crippen molar-refractivity contribution in [3.05, 3.63) is 46.9 Å². The lowest BCUT2D eigenvalue weighted by molar-refractivity contribution is 0.432. The molecule has 0 aliphatic heterocycles. The van der Waals surface area contributed by atoms with Crippen LogP contribution in [0.25, 0.3) is 10.2 Å². The van der Waals surface area contributed by atoms with Gasteiger partial charge < -0.3 is 10.4 Å². The van der Waals surface area contributed by atoms with Gasteiger partial charge in [-0.05, 0) is 30.2 Å². The van der Waals surface area contributed by atoms with Gasteiger partial charge in [-0.1, -0.05) is 13.0 Å². The zero-order valence-corrected chi connectivity index (χ0v) is 12.2. The molecule has 21 heavy (non-hydrogen) atoms. The minimum Gasteiger partial charge on any atom is -0.505 e. The molecule has 0 fully saturated rings. The molecule has 3 rings (SSSR count). The summed E-state index contributed by atoms with van der Waals surface area (Å²) in [4.78, 5) is 10.7. The molecule has 0 aliphatic carbocycles. The van der Waals surface area contributed by atoms with E-state index in [1.54, 1.807) is 17.4 Å². The average Bonchev–Trinajstić information content (AvgIpc) is 2.92. The first kappa shape index (κ1) is 13.8. The third-order valence-corrected chi connectivity index (χ3v) is 4.39. The van der Waals surface area contributed by atoms with Crippen LogP contribution in [0.1, 0.15) is 17.4 Å². The number of fused-ring (bicyclic) bond motifs is 1. The summed E-state index contributed by atoms with van der Waals surface area (Å²) in [7, 11) is 0. The van der Waals surface area contributed by atoms with Crippen LogP contribution >= 0.6 is 11.3 Å². The summed E-state index contributed by atoms with van der Waals surface area (Å²) in [6, 6.07) is 6.42. The van der Waals surface area contributed by atoms with Gasteiger partial charge in [-0.25, -0.2) is 14.4 Å². The van der Waals surface area contributed by atoms with Gasteiger partial charge in [-0.2, -0.15) is 0 Å². The molecule has 0 bridgehead atoms. The maximum absolute atomic E-state index is 13.3. The van der Waals surface area contributed by atoms with Crippen molar-refractivity contribution < 1.29 is 9.50 Å². The minimum atomic E-state index is -0.620. The average molecular weight is 303 g/mol. The van der Waals surface area contributed by atoms with Crippen LogP contribution < -0.4 is 5.32 Å². The van der Waals surface area contributed by atoms with E-state index >= 15 is 0 Å². The van der Waals surface area contributed by atoms with E-state index in [0.717, 1.165) is 28.0 Å². The molecule has 108 valence electrons. The van der Waals surface area contributed by atoms with Gasteiger partial charge in [0.25, 0.3) is 0 Å². The summed E-state index contributed by atoms with van der Waals surface area (Å²) < 4.78 is 13.3. The second-order valence-corrected chi connectivity index (χ2v) is 5.76. The van der Waals surface area contributed by atoms with Gasteiger partial charge in [0.05, 0.1) is 5.39 Å². The van der Waals surface area contributed by atoms with Gasteiger partial charge in [0.15, 0.2) is 11.6 Å². The highest BCUT2D eigenvalue weighted by molar-refractivity contribution is 7.18. The van der Waals surface area contributed by atoms with E-state index in [1.807, 2.05) is 0 Å². The Hall–Kier alpha value is -2.21. The number of thiophene rings is 1. The molecule has 0 radical (unpaired) electrons. The van der Waals surface area contributed by atoms with Crippen LogP contribution in [-0.4, -0.2) is 15.1 Å². The van der Waals surface area contributed by atoms with Crippen molar-refractivity contribution in [1.82, 2.24) is 9.97 Å². The Morgan fingerprint density at radius 1 is 1.29 bits per heavy atom. The Bertz CT molecular complexity index is 788. The molecule has 2 aromatic heterocycles. The molecule has 3 aromatic rings. The maximum atomic E-state index is 13.3. The number of aromatic hydroxyl groups is 1. The quantitative estimate of drug-likeness (QED) is 0.771. The van der Waals surface area contributed by atoms with Crippen LogP contribution in [0.15, 0.2) is 30.6 Å². The summed E-state index contributed by atoms with van der Waals surface area (Å²) in [5, 5.41) is 13.4. The van der Waals surface area contributed by atoms with E-state index in [-0.39, 0.29) is 5.75 Å². The molecule has 2 N–H and O–H groups in total. The first-order valence-electron chi connectivity index (χ1n) is 6.62. The van der Waals surface area contributed by atoms with E-state index in [4.69, 9.17) is 0 Å². The molecule has 0 saturated carbocycles. The SMILES string of the molecule is CCc1cc2c(NCc3ccc(O)c(F)c3)ncnc2s1. The van der Waals surface area contributed by atoms with E-state index in [2.05, 4.69) is 28.3 Å². The fourth-order valence-electron chi connectivity index (χ4n) is 2.07. The Morgan fingerprint density at radius 3 is 2.90 bits per heavy atom. The van der Waals surface area contributed by atoms with E-state index < -0.39 is 5.82 Å². The molecule has 0 spiro atoms. The second kappa shape index (κ2) is 5.65. The number of aromatic nitrogens is 2. The molecule has 4 nitrogen and oxygen atoms in total. The lowest BCUT2D eigenvalue weighted by Crippen LogP contribution is -2.02. The first-order valence-corrected chi connectivity index (χ1v) is 7.43. The number of phenolic OH excluding ortho intramolecular Hbond substituents is 1. The van der Waals surface area contributed by atoms with Crippen LogP contribution in [0.4, 0.5) is 10.2 Å². The summed E-state index contributed by atoms with van der Waals surface area (Å²) in [6.45, 7) is 2.53. The van der Waals surface area contributed by atoms with Crippen molar-refractivity contribution in [2.45, 2.75) is 19.9 Å². The molecule has 0 saturated heterocycles. The number of hydrogen-bond acceptors (Lipinski definition) is 5. The zero-order chi connectivity index (χ0) is 14.8. The topological polar surface area (TPSA) is 58.0 Å². The van der Waals surface area contributed by atoms with Crippen LogP contribution in [0.3, 0.4) is 0 Å². The highest BCUT2D eigenvalue weighted by Gasteiger charge is 2.08. The third-order valence-electron chi connectivity index (χ3n) is 3.20. The predicted octanol–water partition coefficient (Wildman–Crippen LogP) is 3.71. The number of rotatable bonds is 4. The fourth-order valence-corrected chi connectivity index (χ4v) is 3.00. The summed E-state index contributed by atoms with van der Waals surface area (Å²) in [5.74, 6) is -0.219. The maximum Gasteiger partial charge on any atom is 0.165 e. The molecule has 0 aliphatic rings. The number of halogens is 1. The Labute approximate surface area is 125 Å². The van der Waals surface area contributed by atoms with Gasteiger partial charge in [0.2, 0.25) is 0 Å². The number of hydrogen-bond donors (Lipinski definition) is 2. The van der Waals surface area contributed by atoms with Crippen molar-refractivity contribution in [3.8, 4) is 5.75 Å². The van der Waals surface area contributed by atoms with E-state index in [9.17, 15) is 9.50 Å². The number of benzene rings is 1. The summed E-state index contributed by atoms with van der Waals surface area (Å²) in [6.07, 6.45) is 2.49. The van der Waals surface area contributed by atoms with Crippen molar-refractivity contribution in [2.75, 3.05) is 5.32 Å². The lowest BCUT2D eigenvalue weighted by atomic mass is 10.2. The number of nitrogens with zero attached hydrogens (tertiary/aromatic N) is 2. The highest BCUT2D eigenvalue weighted by atomic mass is 32.1. The van der Waals surface area contributed by atoms with Gasteiger partial charge in [-0.3, -0.25) is 0 Å². The molecule has 2 heterocycles. The number of aryl methyl sites for hydroxylation is 1. The Morgan fingerprint density at radius 2 is 2.14 bits per heavy atom. The largest absolute Gasteiger partial charge is 0.505 e. The van der Waals surface area contributed by atoms with Crippen molar-refractivity contribution >= 4 is 27.4 Å². The van der Waals surface area contributed by atoms with Crippen LogP contribution in [0.2, 0.25) is 0 Å². The van der Waals surface area contributed by atoms with Crippen LogP contribution in [-0.2, 0) is 13.0 Å². The van der Waals surface area contributed by atoms with Crippen molar-refractivity contribution in [3.63, 3.8) is 0 Å². The molecule has 0 amide bonds. The van der Waals surface area contributed by atoms with Gasteiger partial charge in [0, 0.05) is 11.4 Å². The second-order valence-electron chi connectivity index (χ2n) is 4.65. The van der Waals surface area contributed by atoms with Crippen LogP contribution in [0, 0.1) is 5.82 Å². The van der Waals surface area contributed by atoms with Crippen molar-refractivity contribution in [2.24, 2.45) is 0 Å². The molecule has 0 atom stereocenters. The number of nitrogens with one attached hydrogen (secondary N) is 1. The zero-order valence-electron chi connectivity index (χ0n) is 11.4. The van der Waals surface area contributed by atoms with Gasteiger partial charge in [0.1, 0.15) is 17.0 Å². The molecular formula is C15H14FN3OS. The summed E-state index contributed by atoms with van der Waals surface area (Å²) >= 11 is 1.65. The van der Waals surface area contributed by atoms with Gasteiger partial charge >= 0.3 is 0 Å². The van der Waals surface area contributed by atoms with E-state index in [1.165, 1.54) is 23.3 Å². The molecule has 6 heteroatoms. The highest BCUT2D eigenvalue weighted by Crippen LogP contribution is 2.28. The predicted molar refractivity (Wildman–Crippen MR) is 82.2 cm³/mol. The summed E-state index contributed by atoms with van der Waals surface area (Å²) in [5.41, 5.74) is 0.739. The van der Waals surface area contributed by atoms with Crippen LogP contribution in [0.5, 0.6) is 5.75 Å². The smallest absolute Gasteiger partial charge is 0.165 e. The third kappa shape index (κ3) is 2.80. The standard InChI is InChI=1S/C15H14FN3OS/c1-2-10-6-11-14(18-8-19-15(11)21-10)17-7-9-3-4-13(20)12(16)5-9/h3-6,8,20H,2,7H2,1H3,(H,17,18,19). The van der Waals surface area contributed by atoms with Gasteiger partial charge in [-0.15, -0.1) is 11.3 Å².